The van der Waals surface area contributed by atoms with Crippen molar-refractivity contribution in [1.82, 2.24) is 0 Å². The van der Waals surface area contributed by atoms with Crippen molar-refractivity contribution < 1.29 is 12.6 Å². The quantitative estimate of drug-likeness (QED) is 0.509. The van der Waals surface area contributed by atoms with E-state index in [0.29, 0.717) is 11.8 Å². The van der Waals surface area contributed by atoms with Crippen LogP contribution in [0.3, 0.4) is 0 Å². The van der Waals surface area contributed by atoms with Gasteiger partial charge in [0.1, 0.15) is 0 Å². The third kappa shape index (κ3) is 7.09. The van der Waals surface area contributed by atoms with Crippen molar-refractivity contribution >= 4 is 10.1 Å². The Morgan fingerprint density at radius 2 is 1.93 bits per heavy atom. The molecule has 0 fully saturated rings. The lowest BCUT2D eigenvalue weighted by molar-refractivity contribution is 0.278. The first-order chi connectivity index (χ1) is 6.37. The van der Waals surface area contributed by atoms with Crippen molar-refractivity contribution in [3.63, 3.8) is 0 Å². The normalized spacial score (nSPS) is 15.2. The minimum absolute atomic E-state index is 0.270. The Kier molecular flexibility index (Phi) is 6.04. The molecule has 0 rings (SSSR count). The second-order valence-corrected chi connectivity index (χ2v) is 5.39. The molecule has 84 valence electrons. The topological polar surface area (TPSA) is 43.4 Å². The van der Waals surface area contributed by atoms with Gasteiger partial charge in [-0.05, 0) is 25.2 Å². The molecule has 0 aromatic rings. The molecule has 0 radical (unpaired) electrons. The number of rotatable bonds is 6. The van der Waals surface area contributed by atoms with E-state index in [0.717, 1.165) is 12.7 Å². The molecule has 4 heteroatoms. The average Bonchev–Trinajstić information content (AvgIpc) is 2.00. The van der Waals surface area contributed by atoms with E-state index in [4.69, 9.17) is 4.18 Å². The molecule has 0 N–H and O–H groups in total. The summed E-state index contributed by atoms with van der Waals surface area (Å²) in [4.78, 5) is 0. The molecule has 0 aromatic carbocycles. The summed E-state index contributed by atoms with van der Waals surface area (Å²) >= 11 is 0. The van der Waals surface area contributed by atoms with Crippen LogP contribution < -0.4 is 0 Å². The molecule has 0 aromatic heterocycles. The van der Waals surface area contributed by atoms with Gasteiger partial charge in [-0.3, -0.25) is 4.18 Å². The van der Waals surface area contributed by atoms with Gasteiger partial charge in [-0.15, -0.1) is 0 Å². The lowest BCUT2D eigenvalue weighted by atomic mass is 9.92. The summed E-state index contributed by atoms with van der Waals surface area (Å²) in [7, 11) is -3.28. The van der Waals surface area contributed by atoms with Gasteiger partial charge < -0.3 is 0 Å². The smallest absolute Gasteiger partial charge is 0.264 e. The summed E-state index contributed by atoms with van der Waals surface area (Å²) in [5.41, 5.74) is 0. The Morgan fingerprint density at radius 3 is 2.29 bits per heavy atom. The van der Waals surface area contributed by atoms with Crippen LogP contribution in [-0.2, 0) is 14.3 Å². The molecule has 0 spiro atoms. The first-order valence-corrected chi connectivity index (χ1v) is 6.65. The Balaban J connectivity index is 3.96. The first-order valence-electron chi connectivity index (χ1n) is 4.84. The maximum Gasteiger partial charge on any atom is 0.264 e. The molecule has 0 amide bonds. The molecular weight excluding hydrogens is 200 g/mol. The van der Waals surface area contributed by atoms with Gasteiger partial charge in [-0.25, -0.2) is 0 Å². The summed E-state index contributed by atoms with van der Waals surface area (Å²) < 4.78 is 26.1. The highest BCUT2D eigenvalue weighted by atomic mass is 32.2. The SMILES string of the molecule is C/C=C/[C@H](CCOS(C)(=O)=O)C(C)C. The van der Waals surface area contributed by atoms with Crippen molar-refractivity contribution in [2.75, 3.05) is 12.9 Å². The van der Waals surface area contributed by atoms with Crippen LogP contribution in [0.1, 0.15) is 27.2 Å². The molecule has 0 aliphatic carbocycles. The Morgan fingerprint density at radius 1 is 1.36 bits per heavy atom. The monoisotopic (exact) mass is 220 g/mol. The van der Waals surface area contributed by atoms with Gasteiger partial charge in [0.15, 0.2) is 0 Å². The third-order valence-electron chi connectivity index (χ3n) is 2.04. The number of hydrogen-bond acceptors (Lipinski definition) is 3. The zero-order valence-corrected chi connectivity index (χ0v) is 10.2. The molecule has 1 atom stereocenters. The summed E-state index contributed by atoms with van der Waals surface area (Å²) in [5, 5.41) is 0. The molecule has 0 saturated heterocycles. The minimum atomic E-state index is -3.28. The largest absolute Gasteiger partial charge is 0.270 e. The highest BCUT2D eigenvalue weighted by Gasteiger charge is 2.10. The second-order valence-electron chi connectivity index (χ2n) is 3.75. The molecule has 3 nitrogen and oxygen atoms in total. The van der Waals surface area contributed by atoms with E-state index in [2.05, 4.69) is 19.9 Å². The van der Waals surface area contributed by atoms with E-state index in [1.807, 2.05) is 13.0 Å². The fraction of sp³-hybridized carbons (Fsp3) is 0.800. The van der Waals surface area contributed by atoms with Crippen LogP contribution in [0, 0.1) is 11.8 Å². The maximum absolute atomic E-state index is 10.7. The van der Waals surface area contributed by atoms with Gasteiger partial charge in [0.2, 0.25) is 0 Å². The van der Waals surface area contributed by atoms with Gasteiger partial charge in [-0.1, -0.05) is 26.0 Å². The Bertz CT molecular complexity index is 265. The van der Waals surface area contributed by atoms with Crippen LogP contribution in [0.15, 0.2) is 12.2 Å². The fourth-order valence-corrected chi connectivity index (χ4v) is 1.63. The van der Waals surface area contributed by atoms with Gasteiger partial charge in [0.25, 0.3) is 10.1 Å². The highest BCUT2D eigenvalue weighted by Crippen LogP contribution is 2.16. The molecule has 0 saturated carbocycles. The van der Waals surface area contributed by atoms with Crippen LogP contribution in [-0.4, -0.2) is 21.3 Å². The molecule has 0 heterocycles. The first kappa shape index (κ1) is 13.7. The molecule has 0 aliphatic rings. The zero-order valence-electron chi connectivity index (χ0n) is 9.36. The average molecular weight is 220 g/mol. The maximum atomic E-state index is 10.7. The van der Waals surface area contributed by atoms with Gasteiger partial charge in [-0.2, -0.15) is 8.42 Å². The predicted molar refractivity (Wildman–Crippen MR) is 58.6 cm³/mol. The molecule has 0 unspecified atom stereocenters. The highest BCUT2D eigenvalue weighted by molar-refractivity contribution is 7.85. The molecule has 0 aliphatic heterocycles. The van der Waals surface area contributed by atoms with Gasteiger partial charge in [0.05, 0.1) is 12.9 Å². The Hall–Kier alpha value is -0.350. The van der Waals surface area contributed by atoms with Crippen LogP contribution in [0.2, 0.25) is 0 Å². The number of allylic oxidation sites excluding steroid dienone is 2. The van der Waals surface area contributed by atoms with E-state index in [1.54, 1.807) is 0 Å². The minimum Gasteiger partial charge on any atom is -0.270 e. The standard InChI is InChI=1S/C10H20O3S/c1-5-6-10(9(2)3)7-8-13-14(4,11)12/h5-6,9-10H,7-8H2,1-4H3/b6-5+/t10-/m1/s1. The number of hydrogen-bond donors (Lipinski definition) is 0. The van der Waals surface area contributed by atoms with Crippen LogP contribution in [0.5, 0.6) is 0 Å². The van der Waals surface area contributed by atoms with Crippen molar-refractivity contribution in [2.24, 2.45) is 11.8 Å². The summed E-state index contributed by atoms with van der Waals surface area (Å²) in [5.74, 6) is 0.899. The Labute approximate surface area is 87.3 Å². The summed E-state index contributed by atoms with van der Waals surface area (Å²) in [6, 6.07) is 0. The zero-order chi connectivity index (χ0) is 11.2. The molecule has 0 bridgehead atoms. The van der Waals surface area contributed by atoms with Crippen LogP contribution >= 0.6 is 0 Å². The fourth-order valence-electron chi connectivity index (χ4n) is 1.23. The summed E-state index contributed by atoms with van der Waals surface area (Å²) in [6.07, 6.45) is 5.91. The van der Waals surface area contributed by atoms with E-state index >= 15 is 0 Å². The molecular formula is C10H20O3S. The summed E-state index contributed by atoms with van der Waals surface area (Å²) in [6.45, 7) is 6.47. The lowest BCUT2D eigenvalue weighted by Crippen LogP contribution is -2.12. The van der Waals surface area contributed by atoms with Gasteiger partial charge in [0, 0.05) is 0 Å². The van der Waals surface area contributed by atoms with Crippen LogP contribution in [0.25, 0.3) is 0 Å². The van der Waals surface area contributed by atoms with Gasteiger partial charge >= 0.3 is 0 Å². The second kappa shape index (κ2) is 6.19. The van der Waals surface area contributed by atoms with Crippen molar-refractivity contribution in [1.29, 1.82) is 0 Å². The van der Waals surface area contributed by atoms with Crippen molar-refractivity contribution in [3.8, 4) is 0 Å². The van der Waals surface area contributed by atoms with E-state index < -0.39 is 10.1 Å². The van der Waals surface area contributed by atoms with E-state index in [9.17, 15) is 8.42 Å². The van der Waals surface area contributed by atoms with Crippen molar-refractivity contribution in [2.45, 2.75) is 27.2 Å². The third-order valence-corrected chi connectivity index (χ3v) is 2.64. The van der Waals surface area contributed by atoms with Crippen molar-refractivity contribution in [3.05, 3.63) is 12.2 Å². The molecule has 14 heavy (non-hydrogen) atoms. The predicted octanol–water partition coefficient (Wildman–Crippen LogP) is 2.20. The van der Waals surface area contributed by atoms with E-state index in [1.165, 1.54) is 0 Å². The lowest BCUT2D eigenvalue weighted by Gasteiger charge is -2.16. The van der Waals surface area contributed by atoms with E-state index in [-0.39, 0.29) is 6.61 Å². The van der Waals surface area contributed by atoms with Crippen LogP contribution in [0.4, 0.5) is 0 Å².